The lowest BCUT2D eigenvalue weighted by Crippen LogP contribution is -2.33. The van der Waals surface area contributed by atoms with Crippen LogP contribution < -0.4 is 5.32 Å². The number of amides is 1. The van der Waals surface area contributed by atoms with Gasteiger partial charge in [-0.05, 0) is 31.7 Å². The van der Waals surface area contributed by atoms with Gasteiger partial charge in [0.2, 0.25) is 0 Å². The lowest BCUT2D eigenvalue weighted by atomic mass is 9.98. The Morgan fingerprint density at radius 3 is 2.92 bits per heavy atom. The molecule has 7 heteroatoms. The number of fused-ring (bicyclic) bond motifs is 1. The van der Waals surface area contributed by atoms with Crippen LogP contribution in [0.15, 0.2) is 30.9 Å². The second-order valence-electron chi connectivity index (χ2n) is 6.54. The van der Waals surface area contributed by atoms with Crippen molar-refractivity contribution < 1.29 is 4.79 Å². The molecule has 0 radical (unpaired) electrons. The number of aromatic nitrogens is 4. The smallest absolute Gasteiger partial charge is 0.272 e. The van der Waals surface area contributed by atoms with E-state index in [4.69, 9.17) is 0 Å². The van der Waals surface area contributed by atoms with Crippen molar-refractivity contribution in [1.82, 2.24) is 24.8 Å². The summed E-state index contributed by atoms with van der Waals surface area (Å²) in [5, 5.41) is 3.48. The first-order valence-electron chi connectivity index (χ1n) is 8.32. The molecular weight excluding hydrogens is 304 g/mol. The van der Waals surface area contributed by atoms with Crippen LogP contribution in [-0.2, 0) is 0 Å². The van der Waals surface area contributed by atoms with E-state index in [1.807, 2.05) is 4.90 Å². The number of likely N-dealkylation sites (tertiary alicyclic amines) is 1. The van der Waals surface area contributed by atoms with E-state index in [0.717, 1.165) is 31.7 Å². The summed E-state index contributed by atoms with van der Waals surface area (Å²) in [5.41, 5.74) is 0.487. The van der Waals surface area contributed by atoms with Crippen LogP contribution in [0.2, 0.25) is 0 Å². The predicted molar refractivity (Wildman–Crippen MR) is 88.3 cm³/mol. The number of anilines is 1. The van der Waals surface area contributed by atoms with Crippen molar-refractivity contribution in [2.75, 3.05) is 18.4 Å². The molecule has 1 amide bonds. The van der Waals surface area contributed by atoms with Crippen molar-refractivity contribution in [2.24, 2.45) is 11.8 Å². The van der Waals surface area contributed by atoms with Crippen LogP contribution in [0.25, 0.3) is 0 Å². The second kappa shape index (κ2) is 6.14. The zero-order valence-electron chi connectivity index (χ0n) is 13.6. The molecule has 3 heterocycles. The van der Waals surface area contributed by atoms with Crippen LogP contribution in [0.4, 0.5) is 5.82 Å². The molecule has 0 unspecified atom stereocenters. The normalized spacial score (nSPS) is 25.5. The first-order valence-corrected chi connectivity index (χ1v) is 8.32. The molecule has 2 aliphatic rings. The molecular formula is C17H20N6O. The van der Waals surface area contributed by atoms with E-state index in [9.17, 15) is 4.79 Å². The molecule has 24 heavy (non-hydrogen) atoms. The highest BCUT2D eigenvalue weighted by molar-refractivity contribution is 5.92. The molecule has 1 aliphatic heterocycles. The average molecular weight is 324 g/mol. The van der Waals surface area contributed by atoms with E-state index < -0.39 is 0 Å². The molecule has 0 spiro atoms. The van der Waals surface area contributed by atoms with Gasteiger partial charge in [0.05, 0.1) is 6.20 Å². The molecule has 1 aliphatic carbocycles. The minimum atomic E-state index is 0.00755. The molecule has 1 saturated carbocycles. The fourth-order valence-electron chi connectivity index (χ4n) is 3.91. The van der Waals surface area contributed by atoms with Crippen LogP contribution in [0.5, 0.6) is 0 Å². The summed E-state index contributed by atoms with van der Waals surface area (Å²) in [7, 11) is 0. The van der Waals surface area contributed by atoms with E-state index >= 15 is 0 Å². The fourth-order valence-corrected chi connectivity index (χ4v) is 3.91. The first kappa shape index (κ1) is 15.0. The van der Waals surface area contributed by atoms with Gasteiger partial charge in [-0.1, -0.05) is 0 Å². The SMILES string of the molecule is Cc1nccc(C(=O)N2C[C@H]3CC[C@@H](Nc4cnccn4)[C@H]3C2)n1. The van der Waals surface area contributed by atoms with E-state index in [1.54, 1.807) is 37.8 Å². The highest BCUT2D eigenvalue weighted by Crippen LogP contribution is 2.39. The topological polar surface area (TPSA) is 83.9 Å². The van der Waals surface area contributed by atoms with Gasteiger partial charge in [-0.3, -0.25) is 9.78 Å². The zero-order valence-corrected chi connectivity index (χ0v) is 13.6. The average Bonchev–Trinajstić information content (AvgIpc) is 3.17. The maximum atomic E-state index is 12.7. The largest absolute Gasteiger partial charge is 0.366 e. The van der Waals surface area contributed by atoms with Crippen LogP contribution in [0.3, 0.4) is 0 Å². The van der Waals surface area contributed by atoms with Gasteiger partial charge in [0, 0.05) is 43.6 Å². The van der Waals surface area contributed by atoms with Gasteiger partial charge in [-0.25, -0.2) is 15.0 Å². The van der Waals surface area contributed by atoms with Gasteiger partial charge >= 0.3 is 0 Å². The summed E-state index contributed by atoms with van der Waals surface area (Å²) in [5.74, 6) is 2.44. The Labute approximate surface area is 140 Å². The van der Waals surface area contributed by atoms with Crippen molar-refractivity contribution in [3.63, 3.8) is 0 Å². The third kappa shape index (κ3) is 2.81. The molecule has 1 saturated heterocycles. The number of aryl methyl sites for hydroxylation is 1. The minimum Gasteiger partial charge on any atom is -0.366 e. The number of carbonyl (C=O) groups excluding carboxylic acids is 1. The molecule has 4 rings (SSSR count). The van der Waals surface area contributed by atoms with Gasteiger partial charge in [-0.2, -0.15) is 0 Å². The van der Waals surface area contributed by atoms with Crippen LogP contribution >= 0.6 is 0 Å². The second-order valence-corrected chi connectivity index (χ2v) is 6.54. The maximum Gasteiger partial charge on any atom is 0.272 e. The highest BCUT2D eigenvalue weighted by atomic mass is 16.2. The van der Waals surface area contributed by atoms with Crippen molar-refractivity contribution in [3.8, 4) is 0 Å². The first-order chi connectivity index (χ1) is 11.7. The lowest BCUT2D eigenvalue weighted by Gasteiger charge is -2.22. The number of hydrogen-bond donors (Lipinski definition) is 1. The van der Waals surface area contributed by atoms with E-state index in [1.165, 1.54) is 0 Å². The van der Waals surface area contributed by atoms with Crippen LogP contribution in [-0.4, -0.2) is 49.9 Å². The van der Waals surface area contributed by atoms with Gasteiger partial charge in [0.25, 0.3) is 5.91 Å². The van der Waals surface area contributed by atoms with E-state index in [0.29, 0.717) is 29.4 Å². The fraction of sp³-hybridized carbons (Fsp3) is 0.471. The lowest BCUT2D eigenvalue weighted by molar-refractivity contribution is 0.0773. The quantitative estimate of drug-likeness (QED) is 0.922. The van der Waals surface area contributed by atoms with Crippen molar-refractivity contribution in [3.05, 3.63) is 42.4 Å². The van der Waals surface area contributed by atoms with E-state index in [2.05, 4.69) is 25.3 Å². The maximum absolute atomic E-state index is 12.7. The molecule has 2 aromatic rings. The summed E-state index contributed by atoms with van der Waals surface area (Å²) >= 11 is 0. The zero-order chi connectivity index (χ0) is 16.5. The third-order valence-corrected chi connectivity index (χ3v) is 5.04. The Balaban J connectivity index is 1.45. The number of nitrogens with zero attached hydrogens (tertiary/aromatic N) is 5. The summed E-state index contributed by atoms with van der Waals surface area (Å²) < 4.78 is 0. The van der Waals surface area contributed by atoms with Gasteiger partial charge in [-0.15, -0.1) is 0 Å². The van der Waals surface area contributed by atoms with Crippen molar-refractivity contribution in [2.45, 2.75) is 25.8 Å². The minimum absolute atomic E-state index is 0.00755. The molecule has 3 atom stereocenters. The molecule has 2 fully saturated rings. The number of hydrogen-bond acceptors (Lipinski definition) is 6. The van der Waals surface area contributed by atoms with Crippen LogP contribution in [0.1, 0.15) is 29.2 Å². The monoisotopic (exact) mass is 324 g/mol. The summed E-state index contributed by atoms with van der Waals surface area (Å²) in [6.45, 7) is 3.38. The Kier molecular flexibility index (Phi) is 3.84. The number of carbonyl (C=O) groups is 1. The molecule has 124 valence electrons. The van der Waals surface area contributed by atoms with Crippen molar-refractivity contribution >= 4 is 11.7 Å². The summed E-state index contributed by atoms with van der Waals surface area (Å²) in [6.07, 6.45) is 8.99. The van der Waals surface area contributed by atoms with Gasteiger partial charge in [0.1, 0.15) is 17.3 Å². The molecule has 2 aromatic heterocycles. The van der Waals surface area contributed by atoms with E-state index in [-0.39, 0.29) is 5.91 Å². The van der Waals surface area contributed by atoms with Gasteiger partial charge in [0.15, 0.2) is 0 Å². The Morgan fingerprint density at radius 2 is 2.12 bits per heavy atom. The molecule has 7 nitrogen and oxygen atoms in total. The highest BCUT2D eigenvalue weighted by Gasteiger charge is 2.44. The molecule has 0 bridgehead atoms. The van der Waals surface area contributed by atoms with Gasteiger partial charge < -0.3 is 10.2 Å². The number of rotatable bonds is 3. The third-order valence-electron chi connectivity index (χ3n) is 5.04. The Hall–Kier alpha value is -2.57. The van der Waals surface area contributed by atoms with Crippen LogP contribution in [0, 0.1) is 18.8 Å². The summed E-state index contributed by atoms with van der Waals surface area (Å²) in [6, 6.07) is 2.04. The number of nitrogens with one attached hydrogen (secondary N) is 1. The Bertz CT molecular complexity index is 737. The van der Waals surface area contributed by atoms with Crippen molar-refractivity contribution in [1.29, 1.82) is 0 Å². The molecule has 1 N–H and O–H groups in total. The summed E-state index contributed by atoms with van der Waals surface area (Å²) in [4.78, 5) is 31.3. The standard InChI is InChI=1S/C17H20N6O/c1-11-19-5-4-15(21-11)17(24)23-9-12-2-3-14(13(12)10-23)22-16-8-18-6-7-20-16/h4-8,12-14H,2-3,9-10H2,1H3,(H,20,22)/t12-,13+,14-/m1/s1. The molecule has 0 aromatic carbocycles. The Morgan fingerprint density at radius 1 is 1.21 bits per heavy atom. The predicted octanol–water partition coefficient (Wildman–Crippen LogP) is 1.54.